The number of rotatable bonds is 7. The normalized spacial score (nSPS) is 16.5. The van der Waals surface area contributed by atoms with Crippen molar-refractivity contribution in [2.24, 2.45) is 0 Å². The number of anilines is 2. The molecule has 7 nitrogen and oxygen atoms in total. The molecular formula is C19H24N4O3. The lowest BCUT2D eigenvalue weighted by Crippen LogP contribution is -2.32. The molecule has 0 radical (unpaired) electrons. The van der Waals surface area contributed by atoms with Gasteiger partial charge < -0.3 is 20.1 Å². The molecule has 1 aliphatic heterocycles. The van der Waals surface area contributed by atoms with E-state index in [0.717, 1.165) is 30.9 Å². The molecule has 0 saturated carbocycles. The number of para-hydroxylation sites is 2. The van der Waals surface area contributed by atoms with Crippen molar-refractivity contribution in [3.63, 3.8) is 0 Å². The summed E-state index contributed by atoms with van der Waals surface area (Å²) in [5.41, 5.74) is 1.08. The molecule has 0 spiro atoms. The average Bonchev–Trinajstić information content (AvgIpc) is 3.15. The van der Waals surface area contributed by atoms with E-state index in [1.54, 1.807) is 0 Å². The second-order valence-corrected chi connectivity index (χ2v) is 6.42. The SMILES string of the molecule is CC(C)Oc1ccccc1Nc1cnc(C(=O)NCC2CCCO2)cn1. The zero-order chi connectivity index (χ0) is 18.4. The summed E-state index contributed by atoms with van der Waals surface area (Å²) in [6.07, 6.45) is 5.19. The highest BCUT2D eigenvalue weighted by Gasteiger charge is 2.17. The van der Waals surface area contributed by atoms with Crippen molar-refractivity contribution in [3.8, 4) is 5.75 Å². The molecule has 1 aromatic carbocycles. The second kappa shape index (κ2) is 8.62. The van der Waals surface area contributed by atoms with Gasteiger partial charge in [0.25, 0.3) is 5.91 Å². The lowest BCUT2D eigenvalue weighted by atomic mass is 10.2. The van der Waals surface area contributed by atoms with Gasteiger partial charge >= 0.3 is 0 Å². The summed E-state index contributed by atoms with van der Waals surface area (Å²) >= 11 is 0. The molecule has 1 aromatic heterocycles. The summed E-state index contributed by atoms with van der Waals surface area (Å²) < 4.78 is 11.3. The molecule has 1 aliphatic rings. The molecule has 1 fully saturated rings. The molecule has 2 N–H and O–H groups in total. The number of aromatic nitrogens is 2. The fourth-order valence-corrected chi connectivity index (χ4v) is 2.68. The Kier molecular flexibility index (Phi) is 6.01. The Labute approximate surface area is 153 Å². The minimum atomic E-state index is -0.247. The zero-order valence-electron chi connectivity index (χ0n) is 15.1. The van der Waals surface area contributed by atoms with Gasteiger partial charge in [0, 0.05) is 13.2 Å². The number of ether oxygens (including phenoxy) is 2. The first-order chi connectivity index (χ1) is 12.6. The molecular weight excluding hydrogens is 332 g/mol. The molecule has 0 bridgehead atoms. The highest BCUT2D eigenvalue weighted by Crippen LogP contribution is 2.27. The van der Waals surface area contributed by atoms with E-state index in [4.69, 9.17) is 9.47 Å². The topological polar surface area (TPSA) is 85.4 Å². The summed E-state index contributed by atoms with van der Waals surface area (Å²) in [6.45, 7) is 5.21. The van der Waals surface area contributed by atoms with Crippen molar-refractivity contribution in [2.75, 3.05) is 18.5 Å². The number of hydrogen-bond donors (Lipinski definition) is 2. The van der Waals surface area contributed by atoms with Crippen LogP contribution in [0.2, 0.25) is 0 Å². The van der Waals surface area contributed by atoms with Gasteiger partial charge in [0.2, 0.25) is 0 Å². The fraction of sp³-hybridized carbons (Fsp3) is 0.421. The predicted octanol–water partition coefficient (Wildman–Crippen LogP) is 2.92. The van der Waals surface area contributed by atoms with Crippen molar-refractivity contribution in [1.82, 2.24) is 15.3 Å². The smallest absolute Gasteiger partial charge is 0.271 e. The highest BCUT2D eigenvalue weighted by molar-refractivity contribution is 5.92. The van der Waals surface area contributed by atoms with E-state index in [-0.39, 0.29) is 23.8 Å². The Hall–Kier alpha value is -2.67. The van der Waals surface area contributed by atoms with Crippen LogP contribution in [-0.4, -0.2) is 41.2 Å². The van der Waals surface area contributed by atoms with Crippen LogP contribution < -0.4 is 15.4 Å². The zero-order valence-corrected chi connectivity index (χ0v) is 15.1. The minimum Gasteiger partial charge on any atom is -0.489 e. The Morgan fingerprint density at radius 3 is 2.85 bits per heavy atom. The van der Waals surface area contributed by atoms with E-state index >= 15 is 0 Å². The number of nitrogens with zero attached hydrogens (tertiary/aromatic N) is 2. The number of amides is 1. The molecule has 0 aliphatic carbocycles. The van der Waals surface area contributed by atoms with Gasteiger partial charge in [0.1, 0.15) is 17.3 Å². The number of hydrogen-bond acceptors (Lipinski definition) is 6. The largest absolute Gasteiger partial charge is 0.489 e. The molecule has 26 heavy (non-hydrogen) atoms. The van der Waals surface area contributed by atoms with Crippen LogP contribution in [0.3, 0.4) is 0 Å². The minimum absolute atomic E-state index is 0.0685. The van der Waals surface area contributed by atoms with Crippen LogP contribution in [0.25, 0.3) is 0 Å². The van der Waals surface area contributed by atoms with Crippen LogP contribution in [0.15, 0.2) is 36.7 Å². The van der Waals surface area contributed by atoms with Gasteiger partial charge in [-0.3, -0.25) is 4.79 Å². The standard InChI is InChI=1S/C19H24N4O3/c1-13(2)26-17-8-4-3-7-15(17)23-18-12-20-16(11-21-18)19(24)22-10-14-6-5-9-25-14/h3-4,7-8,11-14H,5-6,9-10H2,1-2H3,(H,21,23)(H,22,24). The van der Waals surface area contributed by atoms with Gasteiger partial charge in [-0.1, -0.05) is 12.1 Å². The highest BCUT2D eigenvalue weighted by atomic mass is 16.5. The van der Waals surface area contributed by atoms with Crippen molar-refractivity contribution in [3.05, 3.63) is 42.4 Å². The Balaban J connectivity index is 1.60. The van der Waals surface area contributed by atoms with Gasteiger partial charge in [-0.05, 0) is 38.8 Å². The van der Waals surface area contributed by atoms with Gasteiger partial charge in [0.05, 0.1) is 30.3 Å². The van der Waals surface area contributed by atoms with Gasteiger partial charge in [-0.15, -0.1) is 0 Å². The first-order valence-electron chi connectivity index (χ1n) is 8.86. The predicted molar refractivity (Wildman–Crippen MR) is 98.8 cm³/mol. The van der Waals surface area contributed by atoms with Crippen LogP contribution in [0, 0.1) is 0 Å². The summed E-state index contributed by atoms with van der Waals surface area (Å²) in [4.78, 5) is 20.6. The van der Waals surface area contributed by atoms with Crippen molar-refractivity contribution in [1.29, 1.82) is 0 Å². The van der Waals surface area contributed by atoms with Gasteiger partial charge in [0.15, 0.2) is 0 Å². The lowest BCUT2D eigenvalue weighted by Gasteiger charge is -2.15. The quantitative estimate of drug-likeness (QED) is 0.793. The molecule has 1 atom stereocenters. The number of carbonyl (C=O) groups is 1. The van der Waals surface area contributed by atoms with E-state index < -0.39 is 0 Å². The van der Waals surface area contributed by atoms with Gasteiger partial charge in [-0.2, -0.15) is 0 Å². The van der Waals surface area contributed by atoms with E-state index in [0.29, 0.717) is 12.4 Å². The molecule has 7 heteroatoms. The summed E-state index contributed by atoms with van der Waals surface area (Å²) in [5, 5.41) is 6.00. The molecule has 138 valence electrons. The van der Waals surface area contributed by atoms with Crippen LogP contribution >= 0.6 is 0 Å². The first-order valence-corrected chi connectivity index (χ1v) is 8.86. The number of nitrogens with one attached hydrogen (secondary N) is 2. The molecule has 1 amide bonds. The maximum absolute atomic E-state index is 12.1. The summed E-state index contributed by atoms with van der Waals surface area (Å²) in [5.74, 6) is 1.03. The average molecular weight is 356 g/mol. The van der Waals surface area contributed by atoms with Crippen LogP contribution in [0.4, 0.5) is 11.5 Å². The first kappa shape index (κ1) is 18.1. The van der Waals surface area contributed by atoms with Gasteiger partial charge in [-0.25, -0.2) is 9.97 Å². The third-order valence-corrected chi connectivity index (χ3v) is 3.91. The van der Waals surface area contributed by atoms with Crippen LogP contribution in [0.5, 0.6) is 5.75 Å². The summed E-state index contributed by atoms with van der Waals surface area (Å²) in [7, 11) is 0. The lowest BCUT2D eigenvalue weighted by molar-refractivity contribution is 0.0853. The Morgan fingerprint density at radius 1 is 1.31 bits per heavy atom. The summed E-state index contributed by atoms with van der Waals surface area (Å²) in [6, 6.07) is 7.62. The Bertz CT molecular complexity index is 728. The van der Waals surface area contributed by atoms with E-state index in [1.807, 2.05) is 38.1 Å². The van der Waals surface area contributed by atoms with E-state index in [1.165, 1.54) is 12.4 Å². The number of benzene rings is 1. The van der Waals surface area contributed by atoms with Crippen LogP contribution in [0.1, 0.15) is 37.2 Å². The van der Waals surface area contributed by atoms with E-state index in [2.05, 4.69) is 20.6 Å². The molecule has 3 rings (SSSR count). The molecule has 1 saturated heterocycles. The maximum atomic E-state index is 12.1. The molecule has 2 aromatic rings. The second-order valence-electron chi connectivity index (χ2n) is 6.42. The molecule has 2 heterocycles. The van der Waals surface area contributed by atoms with Crippen molar-refractivity contribution < 1.29 is 14.3 Å². The van der Waals surface area contributed by atoms with Crippen LogP contribution in [-0.2, 0) is 4.74 Å². The third-order valence-electron chi connectivity index (χ3n) is 3.91. The van der Waals surface area contributed by atoms with Crippen molar-refractivity contribution in [2.45, 2.75) is 38.9 Å². The fourth-order valence-electron chi connectivity index (χ4n) is 2.68. The molecule has 1 unspecified atom stereocenters. The maximum Gasteiger partial charge on any atom is 0.271 e. The van der Waals surface area contributed by atoms with E-state index in [9.17, 15) is 4.79 Å². The monoisotopic (exact) mass is 356 g/mol. The Morgan fingerprint density at radius 2 is 2.15 bits per heavy atom. The third kappa shape index (κ3) is 4.92. The number of carbonyl (C=O) groups excluding carboxylic acids is 1. The van der Waals surface area contributed by atoms with Crippen molar-refractivity contribution >= 4 is 17.4 Å².